The Labute approximate surface area is 70.8 Å². The van der Waals surface area contributed by atoms with E-state index in [9.17, 15) is 0 Å². The second-order valence-corrected chi connectivity index (χ2v) is 4.68. The Morgan fingerprint density at radius 1 is 1.22 bits per heavy atom. The van der Waals surface area contributed by atoms with Gasteiger partial charge in [-0.05, 0) is 0 Å². The first kappa shape index (κ1) is 7.24. The summed E-state index contributed by atoms with van der Waals surface area (Å²) in [7, 11) is 0. The van der Waals surface area contributed by atoms with Gasteiger partial charge in [-0.15, -0.1) is 0 Å². The molecule has 0 aliphatic heterocycles. The van der Waals surface area contributed by atoms with E-state index in [0.717, 1.165) is 3.32 Å². The summed E-state index contributed by atoms with van der Waals surface area (Å²) in [6.45, 7) is 0. The van der Waals surface area contributed by atoms with Gasteiger partial charge >= 0.3 is 70.8 Å². The number of hydrogen-bond acceptors (Lipinski definition) is 0. The van der Waals surface area contributed by atoms with Gasteiger partial charge < -0.3 is 0 Å². The topological polar surface area (TPSA) is 0 Å². The Morgan fingerprint density at radius 3 is 2.11 bits per heavy atom. The van der Waals surface area contributed by atoms with Crippen molar-refractivity contribution < 1.29 is 0 Å². The first-order valence-corrected chi connectivity index (χ1v) is 4.28. The van der Waals surface area contributed by atoms with Crippen molar-refractivity contribution in [2.45, 2.75) is 0 Å². The van der Waals surface area contributed by atoms with Gasteiger partial charge in [-0.2, -0.15) is 0 Å². The molecule has 0 nitrogen and oxygen atoms in total. The predicted molar refractivity (Wildman–Crippen MR) is 42.1 cm³/mol. The molecule has 0 amide bonds. The van der Waals surface area contributed by atoms with Gasteiger partial charge in [0.15, 0.2) is 0 Å². The van der Waals surface area contributed by atoms with Gasteiger partial charge in [-0.1, -0.05) is 0 Å². The number of benzene rings is 1. The monoisotopic (exact) mass is 249 g/mol. The molecule has 0 heterocycles. The third kappa shape index (κ3) is 2.08. The second-order valence-electron chi connectivity index (χ2n) is 1.65. The summed E-state index contributed by atoms with van der Waals surface area (Å²) in [4.78, 5) is 0. The minimum atomic E-state index is 1.12. The van der Waals surface area contributed by atoms with Crippen molar-refractivity contribution in [2.75, 3.05) is 0 Å². The number of rotatable bonds is 1. The predicted octanol–water partition coefficient (Wildman–Crippen LogP) is 0.502. The van der Waals surface area contributed by atoms with Gasteiger partial charge in [-0.25, -0.2) is 0 Å². The summed E-state index contributed by atoms with van der Waals surface area (Å²) in [5.41, 5.74) is 1.22. The minimum absolute atomic E-state index is 1.12. The van der Waals surface area contributed by atoms with Crippen LogP contribution >= 0.6 is 0 Å². The van der Waals surface area contributed by atoms with E-state index in [0.29, 0.717) is 0 Å². The van der Waals surface area contributed by atoms with Crippen LogP contribution in [0.4, 0.5) is 0 Å². The fraction of sp³-hybridized carbons (Fsp3) is 0. The van der Waals surface area contributed by atoms with Crippen LogP contribution in [0.25, 0.3) is 0 Å². The van der Waals surface area contributed by atoms with E-state index in [1.807, 2.05) is 18.2 Å². The molecule has 0 aliphatic rings. The zero-order valence-electron chi connectivity index (χ0n) is 4.70. The Bertz CT molecular complexity index is 203. The van der Waals surface area contributed by atoms with Gasteiger partial charge in [0, 0.05) is 0 Å². The van der Waals surface area contributed by atoms with Crippen LogP contribution in [0, 0.1) is 0 Å². The fourth-order valence-electron chi connectivity index (χ4n) is 0.574. The van der Waals surface area contributed by atoms with Crippen molar-refractivity contribution in [3.63, 3.8) is 0 Å². The Kier molecular flexibility index (Phi) is 2.68. The van der Waals surface area contributed by atoms with Gasteiger partial charge in [0.2, 0.25) is 0 Å². The zero-order chi connectivity index (χ0) is 6.69. The molecule has 0 bridgehead atoms. The van der Waals surface area contributed by atoms with Gasteiger partial charge in [-0.3, -0.25) is 0 Å². The van der Waals surface area contributed by atoms with Crippen LogP contribution in [0.5, 0.6) is 0 Å². The maximum atomic E-state index is 2.92. The average Bonchev–Trinajstić information content (AvgIpc) is 1.90. The average molecular weight is 247 g/mol. The Balaban J connectivity index is 2.98. The number of hydrogen-bond donors (Lipinski definition) is 0. The summed E-state index contributed by atoms with van der Waals surface area (Å²) in [6, 6.07) is 10.2. The van der Waals surface area contributed by atoms with Crippen molar-refractivity contribution in [2.24, 2.45) is 0 Å². The Hall–Kier alpha value is 0.129. The molecule has 0 saturated carbocycles. The molecular weight excluding hydrogens is 242 g/mol. The standard InChI is InChI=1S/C7H6Se2/c8-7(9)6-4-2-1-3-5-6/h1-5H,(H,8,9)/p-1. The maximum absolute atomic E-state index is 2.92. The Morgan fingerprint density at radius 2 is 1.78 bits per heavy atom. The molecule has 1 aromatic rings. The molecule has 1 aromatic carbocycles. The summed E-state index contributed by atoms with van der Waals surface area (Å²) >= 11 is 5.83. The normalized spacial score (nSPS) is 8.89. The molecule has 0 atom stereocenters. The molecule has 46 valence electrons. The van der Waals surface area contributed by atoms with E-state index in [1.54, 1.807) is 0 Å². The van der Waals surface area contributed by atoms with Crippen molar-refractivity contribution in [3.8, 4) is 0 Å². The van der Waals surface area contributed by atoms with Crippen molar-refractivity contribution in [1.29, 1.82) is 0 Å². The van der Waals surface area contributed by atoms with Crippen LogP contribution in [0.1, 0.15) is 5.56 Å². The molecule has 2 heteroatoms. The summed E-state index contributed by atoms with van der Waals surface area (Å²) in [6.07, 6.45) is 0. The molecule has 1 rings (SSSR count). The molecule has 0 spiro atoms. The van der Waals surface area contributed by atoms with Gasteiger partial charge in [0.25, 0.3) is 0 Å². The van der Waals surface area contributed by atoms with E-state index in [-0.39, 0.29) is 0 Å². The van der Waals surface area contributed by atoms with Crippen LogP contribution in [0.15, 0.2) is 30.3 Å². The summed E-state index contributed by atoms with van der Waals surface area (Å²) in [5, 5.41) is 0. The van der Waals surface area contributed by atoms with E-state index < -0.39 is 0 Å². The molecule has 0 aromatic heterocycles. The first-order valence-electron chi connectivity index (χ1n) is 2.57. The van der Waals surface area contributed by atoms with Gasteiger partial charge in [0.05, 0.1) is 0 Å². The third-order valence-corrected chi connectivity index (χ3v) is 2.00. The zero-order valence-corrected chi connectivity index (χ0v) is 8.13. The SMILES string of the molecule is [Se]=C([Se-])c1ccccc1. The molecule has 0 aliphatic carbocycles. The fourth-order valence-corrected chi connectivity index (χ4v) is 1.15. The molecule has 0 unspecified atom stereocenters. The van der Waals surface area contributed by atoms with E-state index in [2.05, 4.69) is 43.7 Å². The molecule has 9 heavy (non-hydrogen) atoms. The van der Waals surface area contributed by atoms with Crippen LogP contribution in [-0.2, 0) is 0 Å². The van der Waals surface area contributed by atoms with E-state index in [1.165, 1.54) is 5.56 Å². The van der Waals surface area contributed by atoms with Crippen LogP contribution in [0.3, 0.4) is 0 Å². The van der Waals surface area contributed by atoms with Crippen molar-refractivity contribution in [1.82, 2.24) is 0 Å². The van der Waals surface area contributed by atoms with Crippen LogP contribution in [0.2, 0.25) is 0 Å². The molecule has 0 fully saturated rings. The molecule has 0 N–H and O–H groups in total. The molecule has 0 radical (unpaired) electrons. The second kappa shape index (κ2) is 3.34. The van der Waals surface area contributed by atoms with Crippen LogP contribution in [-0.4, -0.2) is 34.9 Å². The quantitative estimate of drug-likeness (QED) is 0.634. The first-order chi connectivity index (χ1) is 4.30. The van der Waals surface area contributed by atoms with Crippen molar-refractivity contribution in [3.05, 3.63) is 35.9 Å². The van der Waals surface area contributed by atoms with E-state index >= 15 is 0 Å². The van der Waals surface area contributed by atoms with Crippen molar-refractivity contribution >= 4 is 34.9 Å². The van der Waals surface area contributed by atoms with Gasteiger partial charge in [0.1, 0.15) is 0 Å². The molecular formula is C7H5Se2-. The summed E-state index contributed by atoms with van der Waals surface area (Å²) < 4.78 is 1.12. The third-order valence-electron chi connectivity index (χ3n) is 1.01. The molecule has 0 saturated heterocycles. The summed E-state index contributed by atoms with van der Waals surface area (Å²) in [5.74, 6) is 0. The van der Waals surface area contributed by atoms with Crippen LogP contribution < -0.4 is 0 Å². The van der Waals surface area contributed by atoms with E-state index in [4.69, 9.17) is 0 Å².